The molecule has 28 heavy (non-hydrogen) atoms. The van der Waals surface area contributed by atoms with Crippen molar-refractivity contribution in [3.8, 4) is 11.5 Å². The van der Waals surface area contributed by atoms with Crippen molar-refractivity contribution in [2.24, 2.45) is 7.05 Å². The largest absolute Gasteiger partial charge is 0.411 e. The number of thioether (sulfide) groups is 1. The lowest BCUT2D eigenvalue weighted by Gasteiger charge is -2.13. The molecule has 0 aliphatic heterocycles. The molecule has 3 heterocycles. The first-order chi connectivity index (χ1) is 13.6. The van der Waals surface area contributed by atoms with Crippen LogP contribution in [0.1, 0.15) is 18.8 Å². The van der Waals surface area contributed by atoms with E-state index in [1.54, 1.807) is 18.5 Å². The normalized spacial score (nSPS) is 12.2. The van der Waals surface area contributed by atoms with Crippen molar-refractivity contribution in [3.05, 3.63) is 54.6 Å². The van der Waals surface area contributed by atoms with Crippen molar-refractivity contribution in [2.45, 2.75) is 18.2 Å². The number of fused-ring (bicyclic) bond motifs is 1. The molecule has 0 fully saturated rings. The monoisotopic (exact) mass is 394 g/mol. The van der Waals surface area contributed by atoms with E-state index in [-0.39, 0.29) is 17.7 Å². The predicted molar refractivity (Wildman–Crippen MR) is 106 cm³/mol. The summed E-state index contributed by atoms with van der Waals surface area (Å²) in [7, 11) is 1.94. The van der Waals surface area contributed by atoms with Gasteiger partial charge in [-0.1, -0.05) is 23.9 Å². The van der Waals surface area contributed by atoms with Gasteiger partial charge in [-0.25, -0.2) is 4.98 Å². The standard InChI is InChI=1S/C19H18N6O2S/c1-12(17-22-14-7-3-4-8-15(14)25(17)2)21-16(26)11-28-19-24-23-18(27-19)13-6-5-9-20-10-13/h3-10,12H,11H2,1-2H3,(H,21,26)/t12-/m1/s1. The van der Waals surface area contributed by atoms with E-state index in [0.29, 0.717) is 11.1 Å². The molecule has 0 radical (unpaired) electrons. The molecule has 1 amide bonds. The van der Waals surface area contributed by atoms with E-state index in [0.717, 1.165) is 22.4 Å². The topological polar surface area (TPSA) is 98.7 Å². The minimum Gasteiger partial charge on any atom is -0.411 e. The van der Waals surface area contributed by atoms with Crippen LogP contribution < -0.4 is 5.32 Å². The Morgan fingerprint density at radius 1 is 1.25 bits per heavy atom. The van der Waals surface area contributed by atoms with E-state index < -0.39 is 0 Å². The molecule has 8 nitrogen and oxygen atoms in total. The molecule has 0 spiro atoms. The summed E-state index contributed by atoms with van der Waals surface area (Å²) in [5, 5.41) is 11.3. The van der Waals surface area contributed by atoms with Crippen LogP contribution in [0.3, 0.4) is 0 Å². The number of aryl methyl sites for hydroxylation is 1. The van der Waals surface area contributed by atoms with E-state index in [1.165, 1.54) is 11.8 Å². The average molecular weight is 394 g/mol. The Labute approximate surface area is 165 Å². The summed E-state index contributed by atoms with van der Waals surface area (Å²) >= 11 is 1.19. The van der Waals surface area contributed by atoms with Gasteiger partial charge in [0.1, 0.15) is 5.82 Å². The van der Waals surface area contributed by atoms with Crippen molar-refractivity contribution in [2.75, 3.05) is 5.75 Å². The first-order valence-electron chi connectivity index (χ1n) is 8.69. The number of carbonyl (C=O) groups is 1. The Hall–Kier alpha value is -3.20. The second kappa shape index (κ2) is 7.81. The van der Waals surface area contributed by atoms with Crippen molar-refractivity contribution < 1.29 is 9.21 Å². The molecule has 0 unspecified atom stereocenters. The maximum Gasteiger partial charge on any atom is 0.277 e. The van der Waals surface area contributed by atoms with Crippen molar-refractivity contribution >= 4 is 28.7 Å². The lowest BCUT2D eigenvalue weighted by atomic mass is 10.3. The number of benzene rings is 1. The molecule has 1 aromatic carbocycles. The van der Waals surface area contributed by atoms with Gasteiger partial charge < -0.3 is 14.3 Å². The molecule has 0 saturated carbocycles. The fourth-order valence-corrected chi connectivity index (χ4v) is 3.47. The summed E-state index contributed by atoms with van der Waals surface area (Å²) in [6, 6.07) is 11.3. The number of aromatic nitrogens is 5. The van der Waals surface area contributed by atoms with Crippen LogP contribution in [-0.2, 0) is 11.8 Å². The highest BCUT2D eigenvalue weighted by atomic mass is 32.2. The van der Waals surface area contributed by atoms with E-state index in [2.05, 4.69) is 25.5 Å². The summed E-state index contributed by atoms with van der Waals surface area (Å²) < 4.78 is 7.56. The fraction of sp³-hybridized carbons (Fsp3) is 0.211. The fourth-order valence-electron chi connectivity index (χ4n) is 2.90. The van der Waals surface area contributed by atoms with Crippen LogP contribution in [0.15, 0.2) is 58.4 Å². The van der Waals surface area contributed by atoms with Gasteiger partial charge in [-0.05, 0) is 31.2 Å². The van der Waals surface area contributed by atoms with Crippen LogP contribution in [0, 0.1) is 0 Å². The third-order valence-electron chi connectivity index (χ3n) is 4.23. The highest BCUT2D eigenvalue weighted by Gasteiger charge is 2.17. The number of nitrogens with zero attached hydrogens (tertiary/aromatic N) is 5. The molecule has 142 valence electrons. The van der Waals surface area contributed by atoms with Crippen LogP contribution in [-0.4, -0.2) is 36.4 Å². The van der Waals surface area contributed by atoms with Crippen LogP contribution in [0.25, 0.3) is 22.5 Å². The SMILES string of the molecule is C[C@@H](NC(=O)CSc1nnc(-c2cccnc2)o1)c1nc2ccccc2n1C. The molecule has 0 aliphatic rings. The highest BCUT2D eigenvalue weighted by molar-refractivity contribution is 7.99. The Balaban J connectivity index is 1.36. The smallest absolute Gasteiger partial charge is 0.277 e. The number of imidazole rings is 1. The zero-order valence-corrected chi connectivity index (χ0v) is 16.2. The van der Waals surface area contributed by atoms with Crippen LogP contribution in [0.5, 0.6) is 0 Å². The molecule has 4 aromatic rings. The third kappa shape index (κ3) is 3.74. The van der Waals surface area contributed by atoms with E-state index in [4.69, 9.17) is 4.42 Å². The molecule has 0 aliphatic carbocycles. The number of rotatable bonds is 6. The van der Waals surface area contributed by atoms with Crippen molar-refractivity contribution in [1.82, 2.24) is 30.0 Å². The Morgan fingerprint density at radius 2 is 2.11 bits per heavy atom. The Morgan fingerprint density at radius 3 is 2.89 bits per heavy atom. The van der Waals surface area contributed by atoms with Gasteiger partial charge in [0.2, 0.25) is 11.8 Å². The summed E-state index contributed by atoms with van der Waals surface area (Å²) in [6.07, 6.45) is 3.32. The molecule has 0 bridgehead atoms. The quantitative estimate of drug-likeness (QED) is 0.502. The van der Waals surface area contributed by atoms with Gasteiger partial charge >= 0.3 is 0 Å². The number of hydrogen-bond donors (Lipinski definition) is 1. The molecular weight excluding hydrogens is 376 g/mol. The van der Waals surface area contributed by atoms with E-state index >= 15 is 0 Å². The number of pyridine rings is 1. The summed E-state index contributed by atoms with van der Waals surface area (Å²) in [6.45, 7) is 1.91. The minimum absolute atomic E-state index is 0.134. The first kappa shape index (κ1) is 18.2. The summed E-state index contributed by atoms with van der Waals surface area (Å²) in [4.78, 5) is 21.0. The van der Waals surface area contributed by atoms with Crippen LogP contribution in [0.2, 0.25) is 0 Å². The minimum atomic E-state index is -0.223. The van der Waals surface area contributed by atoms with Crippen LogP contribution >= 0.6 is 11.8 Å². The number of carbonyl (C=O) groups excluding carboxylic acids is 1. The average Bonchev–Trinajstić information content (AvgIpc) is 3.32. The maximum absolute atomic E-state index is 12.3. The van der Waals surface area contributed by atoms with E-state index in [9.17, 15) is 4.79 Å². The number of para-hydroxylation sites is 2. The number of hydrogen-bond acceptors (Lipinski definition) is 7. The molecular formula is C19H18N6O2S. The summed E-state index contributed by atoms with van der Waals surface area (Å²) in [5.74, 6) is 1.22. The van der Waals surface area contributed by atoms with Gasteiger partial charge in [0.15, 0.2) is 0 Å². The lowest BCUT2D eigenvalue weighted by Crippen LogP contribution is -2.29. The van der Waals surface area contributed by atoms with Gasteiger partial charge in [-0.15, -0.1) is 10.2 Å². The molecule has 4 rings (SSSR count). The molecule has 1 atom stereocenters. The van der Waals surface area contributed by atoms with E-state index in [1.807, 2.05) is 48.9 Å². The molecule has 3 aromatic heterocycles. The molecule has 1 N–H and O–H groups in total. The van der Waals surface area contributed by atoms with Gasteiger partial charge in [-0.2, -0.15) is 0 Å². The van der Waals surface area contributed by atoms with Crippen LogP contribution in [0.4, 0.5) is 0 Å². The third-order valence-corrected chi connectivity index (χ3v) is 5.05. The maximum atomic E-state index is 12.3. The molecule has 9 heteroatoms. The summed E-state index contributed by atoms with van der Waals surface area (Å²) in [5.41, 5.74) is 2.67. The Kier molecular flexibility index (Phi) is 5.07. The lowest BCUT2D eigenvalue weighted by molar-refractivity contribution is -0.119. The predicted octanol–water partition coefficient (Wildman–Crippen LogP) is 2.99. The van der Waals surface area contributed by atoms with Gasteiger partial charge in [-0.3, -0.25) is 9.78 Å². The van der Waals surface area contributed by atoms with Gasteiger partial charge in [0, 0.05) is 19.4 Å². The van der Waals surface area contributed by atoms with Gasteiger partial charge in [0.25, 0.3) is 5.22 Å². The zero-order valence-electron chi connectivity index (χ0n) is 15.4. The second-order valence-corrected chi connectivity index (χ2v) is 7.14. The Bertz CT molecular complexity index is 1110. The zero-order chi connectivity index (χ0) is 19.5. The van der Waals surface area contributed by atoms with Gasteiger partial charge in [0.05, 0.1) is 28.4 Å². The molecule has 0 saturated heterocycles. The second-order valence-electron chi connectivity index (χ2n) is 6.21. The highest BCUT2D eigenvalue weighted by Crippen LogP contribution is 2.23. The van der Waals surface area contributed by atoms with Crippen molar-refractivity contribution in [1.29, 1.82) is 0 Å². The van der Waals surface area contributed by atoms with Crippen molar-refractivity contribution in [3.63, 3.8) is 0 Å². The number of amides is 1. The number of nitrogens with one attached hydrogen (secondary N) is 1. The first-order valence-corrected chi connectivity index (χ1v) is 9.68.